The van der Waals surface area contributed by atoms with E-state index in [9.17, 15) is 19.2 Å². The first-order chi connectivity index (χ1) is 22.2. The molecular formula is C36H49N5O5. The molecule has 2 aromatic carbocycles. The molecule has 10 nitrogen and oxygen atoms in total. The Kier molecular flexibility index (Phi) is 11.3. The monoisotopic (exact) mass is 631 g/mol. The molecule has 0 saturated heterocycles. The van der Waals surface area contributed by atoms with Crippen LogP contribution in [0.1, 0.15) is 91.7 Å². The van der Waals surface area contributed by atoms with Gasteiger partial charge in [0.05, 0.1) is 19.2 Å². The van der Waals surface area contributed by atoms with E-state index in [0.29, 0.717) is 36.6 Å². The van der Waals surface area contributed by atoms with Crippen LogP contribution in [0.2, 0.25) is 0 Å². The molecule has 5 rings (SSSR count). The molecule has 248 valence electrons. The standard InChI is InChI=1S/C36H49N5O5/c1-39(2)19-5-21-46-30-15-10-26(11-16-30)32-22-27-9-12-28(38-34(43)17-8-25-6-3-4-7-25)23-31(27)36(45)40(32)20-18-35(44)41(24-33(37)42)29-13-14-29/h9-12,15-16,23,25,29,32H,3-8,13-14,17-22,24H2,1-2H3,(H2,37,42)(H,38,43). The molecule has 10 heteroatoms. The first kappa shape index (κ1) is 33.4. The predicted molar refractivity (Wildman–Crippen MR) is 177 cm³/mol. The number of nitrogens with two attached hydrogens (primary N) is 1. The van der Waals surface area contributed by atoms with E-state index in [1.807, 2.05) is 50.5 Å². The summed E-state index contributed by atoms with van der Waals surface area (Å²) >= 11 is 0. The predicted octanol–water partition coefficient (Wildman–Crippen LogP) is 4.53. The number of ether oxygens (including phenoxy) is 1. The van der Waals surface area contributed by atoms with Gasteiger partial charge in [-0.15, -0.1) is 0 Å². The molecular weight excluding hydrogens is 582 g/mol. The number of nitrogens with zero attached hydrogens (tertiary/aromatic N) is 3. The molecule has 0 aromatic heterocycles. The Hall–Kier alpha value is -3.92. The molecule has 1 heterocycles. The van der Waals surface area contributed by atoms with Gasteiger partial charge in [-0.25, -0.2) is 0 Å². The summed E-state index contributed by atoms with van der Waals surface area (Å²) in [5, 5.41) is 3.00. The molecule has 2 fully saturated rings. The number of carbonyl (C=O) groups is 4. The van der Waals surface area contributed by atoms with Gasteiger partial charge in [-0.3, -0.25) is 19.2 Å². The molecule has 2 aromatic rings. The first-order valence-electron chi connectivity index (χ1n) is 16.9. The molecule has 1 atom stereocenters. The lowest BCUT2D eigenvalue weighted by atomic mass is 9.88. The third kappa shape index (κ3) is 9.09. The lowest BCUT2D eigenvalue weighted by molar-refractivity contribution is -0.136. The zero-order chi connectivity index (χ0) is 32.6. The fourth-order valence-electron chi connectivity index (χ4n) is 6.75. The number of rotatable bonds is 16. The third-order valence-corrected chi connectivity index (χ3v) is 9.41. The summed E-state index contributed by atoms with van der Waals surface area (Å²) in [7, 11) is 4.07. The van der Waals surface area contributed by atoms with E-state index in [4.69, 9.17) is 10.5 Å². The van der Waals surface area contributed by atoms with Crippen molar-refractivity contribution in [2.75, 3.05) is 45.7 Å². The summed E-state index contributed by atoms with van der Waals surface area (Å²) in [6.07, 6.45) is 9.57. The van der Waals surface area contributed by atoms with Gasteiger partial charge >= 0.3 is 0 Å². The van der Waals surface area contributed by atoms with E-state index in [0.717, 1.165) is 49.1 Å². The summed E-state index contributed by atoms with van der Waals surface area (Å²) < 4.78 is 5.93. The Bertz CT molecular complexity index is 1380. The molecule has 1 aliphatic heterocycles. The lowest BCUT2D eigenvalue weighted by Gasteiger charge is -2.37. The van der Waals surface area contributed by atoms with Crippen LogP contribution in [0.3, 0.4) is 0 Å². The maximum Gasteiger partial charge on any atom is 0.254 e. The van der Waals surface area contributed by atoms with Crippen molar-refractivity contribution in [2.45, 2.75) is 82.7 Å². The summed E-state index contributed by atoms with van der Waals surface area (Å²) in [5.41, 5.74) is 8.43. The van der Waals surface area contributed by atoms with E-state index in [1.54, 1.807) is 15.9 Å². The van der Waals surface area contributed by atoms with Crippen molar-refractivity contribution in [3.05, 3.63) is 59.2 Å². The molecule has 46 heavy (non-hydrogen) atoms. The van der Waals surface area contributed by atoms with Gasteiger partial charge in [-0.05, 0) is 87.5 Å². The van der Waals surface area contributed by atoms with Gasteiger partial charge in [0.15, 0.2) is 0 Å². The normalized spacial score (nSPS) is 18.0. The smallest absolute Gasteiger partial charge is 0.254 e. The van der Waals surface area contributed by atoms with Gasteiger partial charge in [0.2, 0.25) is 17.7 Å². The molecule has 0 bridgehead atoms. The number of hydrogen-bond acceptors (Lipinski definition) is 6. The number of amides is 4. The van der Waals surface area contributed by atoms with Crippen molar-refractivity contribution in [3.63, 3.8) is 0 Å². The summed E-state index contributed by atoms with van der Waals surface area (Å²) in [5.74, 6) is 0.469. The van der Waals surface area contributed by atoms with E-state index in [-0.39, 0.29) is 49.3 Å². The van der Waals surface area contributed by atoms with Crippen LogP contribution in [0.4, 0.5) is 5.69 Å². The number of benzene rings is 2. The molecule has 0 spiro atoms. The Morgan fingerprint density at radius 1 is 1.00 bits per heavy atom. The highest BCUT2D eigenvalue weighted by Gasteiger charge is 2.36. The Morgan fingerprint density at radius 2 is 1.74 bits per heavy atom. The van der Waals surface area contributed by atoms with Crippen molar-refractivity contribution in [3.8, 4) is 5.75 Å². The van der Waals surface area contributed by atoms with Crippen LogP contribution in [0.25, 0.3) is 0 Å². The van der Waals surface area contributed by atoms with Crippen molar-refractivity contribution < 1.29 is 23.9 Å². The fraction of sp³-hybridized carbons (Fsp3) is 0.556. The van der Waals surface area contributed by atoms with Gasteiger partial charge in [-0.1, -0.05) is 43.9 Å². The van der Waals surface area contributed by atoms with Crippen LogP contribution in [0.15, 0.2) is 42.5 Å². The molecule has 3 aliphatic rings. The average Bonchev–Trinajstić information content (AvgIpc) is 3.74. The highest BCUT2D eigenvalue weighted by molar-refractivity contribution is 6.00. The minimum atomic E-state index is -0.539. The highest BCUT2D eigenvalue weighted by Crippen LogP contribution is 2.36. The van der Waals surface area contributed by atoms with Crippen LogP contribution in [-0.4, -0.2) is 84.7 Å². The summed E-state index contributed by atoms with van der Waals surface area (Å²) in [6, 6.07) is 13.2. The van der Waals surface area contributed by atoms with E-state index in [2.05, 4.69) is 10.2 Å². The Morgan fingerprint density at radius 3 is 2.41 bits per heavy atom. The number of nitrogens with one attached hydrogen (secondary N) is 1. The number of primary amides is 1. The Labute approximate surface area is 272 Å². The van der Waals surface area contributed by atoms with Crippen molar-refractivity contribution in [2.24, 2.45) is 11.7 Å². The fourth-order valence-corrected chi connectivity index (χ4v) is 6.75. The molecule has 2 aliphatic carbocycles. The molecule has 4 amide bonds. The van der Waals surface area contributed by atoms with Crippen LogP contribution >= 0.6 is 0 Å². The zero-order valence-corrected chi connectivity index (χ0v) is 27.3. The summed E-state index contributed by atoms with van der Waals surface area (Å²) in [4.78, 5) is 57.2. The van der Waals surface area contributed by atoms with E-state index < -0.39 is 5.91 Å². The van der Waals surface area contributed by atoms with Gasteiger partial charge in [0, 0.05) is 43.2 Å². The SMILES string of the molecule is CN(C)CCCOc1ccc(C2Cc3ccc(NC(=O)CCC4CCCC4)cc3C(=O)N2CCC(=O)N(CC(N)=O)C2CC2)cc1. The maximum absolute atomic E-state index is 14.1. The van der Waals surface area contributed by atoms with Gasteiger partial charge < -0.3 is 30.5 Å². The highest BCUT2D eigenvalue weighted by atomic mass is 16.5. The number of anilines is 1. The third-order valence-electron chi connectivity index (χ3n) is 9.41. The minimum absolute atomic E-state index is 0.0333. The maximum atomic E-state index is 14.1. The first-order valence-corrected chi connectivity index (χ1v) is 16.9. The minimum Gasteiger partial charge on any atom is -0.494 e. The number of hydrogen-bond donors (Lipinski definition) is 2. The van der Waals surface area contributed by atoms with Crippen molar-refractivity contribution >= 4 is 29.3 Å². The summed E-state index contributed by atoms with van der Waals surface area (Å²) in [6.45, 7) is 1.65. The second kappa shape index (κ2) is 15.6. The van der Waals surface area contributed by atoms with Gasteiger partial charge in [-0.2, -0.15) is 0 Å². The lowest BCUT2D eigenvalue weighted by Crippen LogP contribution is -2.44. The largest absolute Gasteiger partial charge is 0.494 e. The van der Waals surface area contributed by atoms with Gasteiger partial charge in [0.25, 0.3) is 5.91 Å². The average molecular weight is 632 g/mol. The van der Waals surface area contributed by atoms with E-state index in [1.165, 1.54) is 25.7 Å². The molecule has 0 radical (unpaired) electrons. The van der Waals surface area contributed by atoms with Crippen molar-refractivity contribution in [1.82, 2.24) is 14.7 Å². The molecule has 1 unspecified atom stereocenters. The van der Waals surface area contributed by atoms with Crippen LogP contribution in [0, 0.1) is 5.92 Å². The Balaban J connectivity index is 1.31. The van der Waals surface area contributed by atoms with Gasteiger partial charge in [0.1, 0.15) is 5.75 Å². The van der Waals surface area contributed by atoms with Crippen LogP contribution < -0.4 is 15.8 Å². The number of fused-ring (bicyclic) bond motifs is 1. The van der Waals surface area contributed by atoms with E-state index >= 15 is 0 Å². The zero-order valence-electron chi connectivity index (χ0n) is 27.3. The molecule has 2 saturated carbocycles. The van der Waals surface area contributed by atoms with Crippen LogP contribution in [-0.2, 0) is 20.8 Å². The number of carbonyl (C=O) groups excluding carboxylic acids is 4. The van der Waals surface area contributed by atoms with Crippen molar-refractivity contribution in [1.29, 1.82) is 0 Å². The topological polar surface area (TPSA) is 125 Å². The second-order valence-corrected chi connectivity index (χ2v) is 13.4. The van der Waals surface area contributed by atoms with Crippen LogP contribution in [0.5, 0.6) is 5.75 Å². The second-order valence-electron chi connectivity index (χ2n) is 13.4. The quantitative estimate of drug-likeness (QED) is 0.262. The molecule has 3 N–H and O–H groups in total.